The average molecular weight is 124 g/mol. The topological polar surface area (TPSA) is 33.1 Å². The minimum absolute atomic E-state index is 0. The van der Waals surface area contributed by atoms with Gasteiger partial charge in [-0.05, 0) is 13.8 Å². The predicted molar refractivity (Wildman–Crippen MR) is 32.3 cm³/mol. The standard InChI is InChI=1S/C4H9NO.ClH/c1-4(2)6-3-5;/h3-5H,1-2H3;1H. The van der Waals surface area contributed by atoms with Gasteiger partial charge in [-0.25, -0.2) is 0 Å². The van der Waals surface area contributed by atoms with Crippen LogP contribution in [0.15, 0.2) is 0 Å². The van der Waals surface area contributed by atoms with Gasteiger partial charge in [0.05, 0.1) is 6.10 Å². The first kappa shape index (κ1) is 9.90. The van der Waals surface area contributed by atoms with E-state index in [1.54, 1.807) is 0 Å². The van der Waals surface area contributed by atoms with Gasteiger partial charge < -0.3 is 4.74 Å². The number of nitrogens with one attached hydrogen (secondary N) is 1. The molecule has 0 saturated heterocycles. The van der Waals surface area contributed by atoms with Crippen LogP contribution in [0, 0.1) is 5.41 Å². The molecule has 0 aromatic heterocycles. The molecule has 0 aliphatic rings. The van der Waals surface area contributed by atoms with Gasteiger partial charge in [-0.3, -0.25) is 5.41 Å². The largest absolute Gasteiger partial charge is 0.481 e. The van der Waals surface area contributed by atoms with Crippen molar-refractivity contribution in [3.63, 3.8) is 0 Å². The Hall–Kier alpha value is -0.240. The summed E-state index contributed by atoms with van der Waals surface area (Å²) in [4.78, 5) is 0. The van der Waals surface area contributed by atoms with Crippen LogP contribution in [0.1, 0.15) is 13.8 Å². The van der Waals surface area contributed by atoms with Gasteiger partial charge >= 0.3 is 0 Å². The third-order valence-corrected chi connectivity index (χ3v) is 0.340. The molecule has 0 heterocycles. The molecule has 0 radical (unpaired) electrons. The van der Waals surface area contributed by atoms with Crippen LogP contribution in [-0.2, 0) is 4.74 Å². The van der Waals surface area contributed by atoms with Crippen molar-refractivity contribution in [1.29, 1.82) is 5.41 Å². The Bertz CT molecular complexity index is 47.0. The Labute approximate surface area is 49.8 Å². The minimum Gasteiger partial charge on any atom is -0.481 e. The molecule has 3 heteroatoms. The summed E-state index contributed by atoms with van der Waals surface area (Å²) in [7, 11) is 0. The van der Waals surface area contributed by atoms with Crippen molar-refractivity contribution in [1.82, 2.24) is 0 Å². The fourth-order valence-electron chi connectivity index (χ4n) is 0.136. The molecule has 0 unspecified atom stereocenters. The first-order valence-electron chi connectivity index (χ1n) is 1.91. The van der Waals surface area contributed by atoms with E-state index in [1.165, 1.54) is 0 Å². The second-order valence-electron chi connectivity index (χ2n) is 1.30. The zero-order chi connectivity index (χ0) is 4.99. The Balaban J connectivity index is 0. The van der Waals surface area contributed by atoms with Crippen molar-refractivity contribution in [2.24, 2.45) is 0 Å². The first-order valence-corrected chi connectivity index (χ1v) is 1.91. The van der Waals surface area contributed by atoms with E-state index in [-0.39, 0.29) is 18.5 Å². The van der Waals surface area contributed by atoms with Gasteiger partial charge in [0, 0.05) is 0 Å². The second kappa shape index (κ2) is 5.76. The quantitative estimate of drug-likeness (QED) is 0.438. The van der Waals surface area contributed by atoms with Crippen LogP contribution >= 0.6 is 12.4 Å². The minimum atomic E-state index is 0. The van der Waals surface area contributed by atoms with Crippen molar-refractivity contribution in [2.75, 3.05) is 0 Å². The highest BCUT2D eigenvalue weighted by Crippen LogP contribution is 1.79. The van der Waals surface area contributed by atoms with Crippen LogP contribution in [0.4, 0.5) is 0 Å². The first-order chi connectivity index (χ1) is 2.77. The van der Waals surface area contributed by atoms with Crippen molar-refractivity contribution >= 4 is 18.8 Å². The molecule has 0 amide bonds. The van der Waals surface area contributed by atoms with E-state index in [0.717, 1.165) is 6.40 Å². The summed E-state index contributed by atoms with van der Waals surface area (Å²) in [6.45, 7) is 3.76. The van der Waals surface area contributed by atoms with Crippen molar-refractivity contribution in [2.45, 2.75) is 20.0 Å². The lowest BCUT2D eigenvalue weighted by atomic mass is 10.5. The molecule has 1 N–H and O–H groups in total. The highest BCUT2D eigenvalue weighted by atomic mass is 35.5. The normalized spacial score (nSPS) is 7.29. The molecule has 0 saturated carbocycles. The summed E-state index contributed by atoms with van der Waals surface area (Å²) < 4.78 is 4.58. The van der Waals surface area contributed by atoms with Gasteiger partial charge in [0.15, 0.2) is 6.40 Å². The fraction of sp³-hybridized carbons (Fsp3) is 0.750. The lowest BCUT2D eigenvalue weighted by Crippen LogP contribution is -1.97. The Morgan fingerprint density at radius 3 is 2.00 bits per heavy atom. The molecule has 7 heavy (non-hydrogen) atoms. The van der Waals surface area contributed by atoms with Crippen LogP contribution in [0.25, 0.3) is 0 Å². The van der Waals surface area contributed by atoms with Gasteiger partial charge in [-0.1, -0.05) is 0 Å². The van der Waals surface area contributed by atoms with E-state index in [2.05, 4.69) is 4.74 Å². The molecule has 0 aromatic carbocycles. The summed E-state index contributed by atoms with van der Waals surface area (Å²) in [6.07, 6.45) is 1.10. The molecule has 0 rings (SSSR count). The molecular formula is C4H10ClNO. The molecule has 0 aromatic rings. The van der Waals surface area contributed by atoms with Gasteiger partial charge in [-0.2, -0.15) is 0 Å². The average Bonchev–Trinajstić information content (AvgIpc) is 1.35. The van der Waals surface area contributed by atoms with Gasteiger partial charge in [-0.15, -0.1) is 12.4 Å². The van der Waals surface area contributed by atoms with E-state index >= 15 is 0 Å². The number of ether oxygens (including phenoxy) is 1. The Kier molecular flexibility index (Phi) is 8.15. The summed E-state index contributed by atoms with van der Waals surface area (Å²) in [5.74, 6) is 0. The van der Waals surface area contributed by atoms with Crippen LogP contribution in [-0.4, -0.2) is 12.5 Å². The molecular weight excluding hydrogens is 114 g/mol. The smallest absolute Gasteiger partial charge is 0.166 e. The van der Waals surface area contributed by atoms with Gasteiger partial charge in [0.25, 0.3) is 0 Å². The lowest BCUT2D eigenvalue weighted by molar-refractivity contribution is 0.239. The number of hydrogen-bond donors (Lipinski definition) is 1. The summed E-state index contributed by atoms with van der Waals surface area (Å²) >= 11 is 0. The van der Waals surface area contributed by atoms with Gasteiger partial charge in [0.2, 0.25) is 0 Å². The monoisotopic (exact) mass is 123 g/mol. The molecule has 0 fully saturated rings. The summed E-state index contributed by atoms with van der Waals surface area (Å²) in [6, 6.07) is 0. The Morgan fingerprint density at radius 1 is 1.57 bits per heavy atom. The number of rotatable bonds is 2. The lowest BCUT2D eigenvalue weighted by Gasteiger charge is -1.98. The second-order valence-corrected chi connectivity index (χ2v) is 1.30. The highest BCUT2D eigenvalue weighted by Gasteiger charge is 1.81. The van der Waals surface area contributed by atoms with E-state index in [9.17, 15) is 0 Å². The Morgan fingerprint density at radius 2 is 2.00 bits per heavy atom. The number of hydrogen-bond acceptors (Lipinski definition) is 2. The zero-order valence-electron chi connectivity index (χ0n) is 4.47. The molecule has 0 atom stereocenters. The zero-order valence-corrected chi connectivity index (χ0v) is 5.29. The third-order valence-electron chi connectivity index (χ3n) is 0.340. The molecule has 2 nitrogen and oxygen atoms in total. The van der Waals surface area contributed by atoms with Crippen molar-refractivity contribution < 1.29 is 4.74 Å². The van der Waals surface area contributed by atoms with E-state index in [0.29, 0.717) is 0 Å². The summed E-state index contributed by atoms with van der Waals surface area (Å²) in [5, 5.41) is 6.39. The molecule has 0 aliphatic carbocycles. The van der Waals surface area contributed by atoms with Crippen LogP contribution in [0.5, 0.6) is 0 Å². The van der Waals surface area contributed by atoms with Crippen molar-refractivity contribution in [3.8, 4) is 0 Å². The molecule has 0 aliphatic heterocycles. The summed E-state index contributed by atoms with van der Waals surface area (Å²) in [5.41, 5.74) is 0. The van der Waals surface area contributed by atoms with Crippen LogP contribution in [0.2, 0.25) is 0 Å². The van der Waals surface area contributed by atoms with Crippen molar-refractivity contribution in [3.05, 3.63) is 0 Å². The fourth-order valence-corrected chi connectivity index (χ4v) is 0.136. The highest BCUT2D eigenvalue weighted by molar-refractivity contribution is 5.85. The number of halogens is 1. The van der Waals surface area contributed by atoms with Gasteiger partial charge in [0.1, 0.15) is 0 Å². The van der Waals surface area contributed by atoms with Crippen LogP contribution in [0.3, 0.4) is 0 Å². The molecule has 0 spiro atoms. The molecule has 44 valence electrons. The maximum Gasteiger partial charge on any atom is 0.166 e. The van der Waals surface area contributed by atoms with E-state index < -0.39 is 0 Å². The van der Waals surface area contributed by atoms with Crippen LogP contribution < -0.4 is 0 Å². The maximum atomic E-state index is 6.39. The molecule has 0 bridgehead atoms. The maximum absolute atomic E-state index is 6.39. The third kappa shape index (κ3) is 10.7. The van der Waals surface area contributed by atoms with E-state index in [4.69, 9.17) is 5.41 Å². The predicted octanol–water partition coefficient (Wildman–Crippen LogP) is 1.44. The SMILES string of the molecule is CC(C)OC=N.Cl. The van der Waals surface area contributed by atoms with E-state index in [1.807, 2.05) is 13.8 Å².